The maximum Gasteiger partial charge on any atom is 0.311 e. The Hall–Kier alpha value is -2.30. The number of nitrogens with two attached hydrogens (primary N) is 1. The summed E-state index contributed by atoms with van der Waals surface area (Å²) in [5.41, 5.74) is 6.90. The number of para-hydroxylation sites is 1. The maximum atomic E-state index is 11.3. The molecule has 1 aromatic carbocycles. The molecule has 2 aromatic rings. The fraction of sp³-hybridized carbons (Fsp3) is 0.167. The first kappa shape index (κ1) is 11.2. The van der Waals surface area contributed by atoms with E-state index >= 15 is 0 Å². The minimum atomic E-state index is -0.938. The summed E-state index contributed by atoms with van der Waals surface area (Å²) in [5.74, 6) is -1.62. The molecule has 17 heavy (non-hydrogen) atoms. The summed E-state index contributed by atoms with van der Waals surface area (Å²) < 4.78 is 0. The Bertz CT molecular complexity index is 574. The van der Waals surface area contributed by atoms with Crippen LogP contribution in [0.5, 0.6) is 0 Å². The highest BCUT2D eigenvalue weighted by molar-refractivity contribution is 6.34. The van der Waals surface area contributed by atoms with Crippen LogP contribution in [0.15, 0.2) is 30.5 Å². The number of carbonyl (C=O) groups excluding carboxylic acids is 2. The van der Waals surface area contributed by atoms with Crippen molar-refractivity contribution in [1.82, 2.24) is 9.88 Å². The van der Waals surface area contributed by atoms with Gasteiger partial charge in [0.25, 0.3) is 0 Å². The van der Waals surface area contributed by atoms with Gasteiger partial charge in [-0.3, -0.25) is 9.59 Å². The molecule has 0 radical (unpaired) electrons. The number of nitrogens with one attached hydrogen (secondary N) is 1. The third kappa shape index (κ3) is 2.13. The van der Waals surface area contributed by atoms with Crippen molar-refractivity contribution in [1.29, 1.82) is 0 Å². The Morgan fingerprint density at radius 2 is 2.06 bits per heavy atom. The number of hydrogen-bond donors (Lipinski definition) is 2. The van der Waals surface area contributed by atoms with Crippen molar-refractivity contribution >= 4 is 22.7 Å². The number of nitrogens with zero attached hydrogens (tertiary/aromatic N) is 1. The van der Waals surface area contributed by atoms with Crippen molar-refractivity contribution in [2.24, 2.45) is 5.73 Å². The van der Waals surface area contributed by atoms with E-state index in [1.807, 2.05) is 30.5 Å². The van der Waals surface area contributed by atoms with Gasteiger partial charge >= 0.3 is 11.8 Å². The quantitative estimate of drug-likeness (QED) is 0.743. The number of aromatic amines is 1. The minimum Gasteiger partial charge on any atom is -0.361 e. The molecule has 1 aromatic heterocycles. The highest BCUT2D eigenvalue weighted by Gasteiger charge is 2.16. The van der Waals surface area contributed by atoms with Crippen molar-refractivity contribution in [2.45, 2.75) is 6.54 Å². The van der Waals surface area contributed by atoms with Gasteiger partial charge in [0, 0.05) is 30.7 Å². The topological polar surface area (TPSA) is 79.2 Å². The standard InChI is InChI=1S/C12H13N3O2/c1-15(12(17)11(13)16)7-8-6-14-10-5-3-2-4-9(8)10/h2-6,14H,7H2,1H3,(H2,13,16). The number of aromatic nitrogens is 1. The number of H-pyrrole nitrogens is 1. The molecular weight excluding hydrogens is 218 g/mol. The Balaban J connectivity index is 2.24. The van der Waals surface area contributed by atoms with Crippen LogP contribution in [0.2, 0.25) is 0 Å². The third-order valence-electron chi connectivity index (χ3n) is 2.64. The Morgan fingerprint density at radius 3 is 2.76 bits per heavy atom. The van der Waals surface area contributed by atoms with Gasteiger partial charge in [-0.25, -0.2) is 0 Å². The minimum absolute atomic E-state index is 0.353. The summed E-state index contributed by atoms with van der Waals surface area (Å²) in [6.07, 6.45) is 1.83. The lowest BCUT2D eigenvalue weighted by molar-refractivity contribution is -0.143. The van der Waals surface area contributed by atoms with Gasteiger partial charge in [-0.1, -0.05) is 18.2 Å². The first-order valence-corrected chi connectivity index (χ1v) is 5.19. The van der Waals surface area contributed by atoms with Crippen molar-refractivity contribution in [2.75, 3.05) is 7.05 Å². The van der Waals surface area contributed by atoms with E-state index in [4.69, 9.17) is 5.73 Å². The first-order valence-electron chi connectivity index (χ1n) is 5.19. The average molecular weight is 231 g/mol. The van der Waals surface area contributed by atoms with Crippen molar-refractivity contribution < 1.29 is 9.59 Å². The summed E-state index contributed by atoms with van der Waals surface area (Å²) in [6.45, 7) is 0.353. The summed E-state index contributed by atoms with van der Waals surface area (Å²) in [7, 11) is 1.55. The molecule has 0 unspecified atom stereocenters. The van der Waals surface area contributed by atoms with Crippen LogP contribution in [-0.2, 0) is 16.1 Å². The molecule has 0 spiro atoms. The summed E-state index contributed by atoms with van der Waals surface area (Å²) in [4.78, 5) is 26.5. The smallest absolute Gasteiger partial charge is 0.311 e. The third-order valence-corrected chi connectivity index (χ3v) is 2.64. The van der Waals surface area contributed by atoms with E-state index in [1.165, 1.54) is 4.90 Å². The van der Waals surface area contributed by atoms with Gasteiger partial charge < -0.3 is 15.6 Å². The SMILES string of the molecule is CN(Cc1c[nH]c2ccccc12)C(=O)C(N)=O. The second kappa shape index (κ2) is 4.29. The van der Waals surface area contributed by atoms with E-state index in [-0.39, 0.29) is 0 Å². The number of amides is 2. The molecule has 2 rings (SSSR count). The molecule has 0 atom stereocenters. The van der Waals surface area contributed by atoms with Crippen LogP contribution >= 0.6 is 0 Å². The van der Waals surface area contributed by atoms with Crippen LogP contribution in [0.1, 0.15) is 5.56 Å². The summed E-state index contributed by atoms with van der Waals surface area (Å²) in [6, 6.07) is 7.77. The van der Waals surface area contributed by atoms with Crippen LogP contribution in [0.4, 0.5) is 0 Å². The van der Waals surface area contributed by atoms with E-state index in [9.17, 15) is 9.59 Å². The second-order valence-corrected chi connectivity index (χ2v) is 3.88. The monoisotopic (exact) mass is 231 g/mol. The van der Waals surface area contributed by atoms with Gasteiger partial charge in [-0.05, 0) is 11.6 Å². The predicted molar refractivity (Wildman–Crippen MR) is 64.0 cm³/mol. The van der Waals surface area contributed by atoms with E-state index in [2.05, 4.69) is 4.98 Å². The number of benzene rings is 1. The Kier molecular flexibility index (Phi) is 2.82. The van der Waals surface area contributed by atoms with E-state index in [0.717, 1.165) is 16.5 Å². The molecule has 3 N–H and O–H groups in total. The molecule has 88 valence electrons. The van der Waals surface area contributed by atoms with Gasteiger partial charge in [0.05, 0.1) is 0 Å². The molecule has 0 aliphatic rings. The molecule has 0 fully saturated rings. The van der Waals surface area contributed by atoms with Crippen LogP contribution in [-0.4, -0.2) is 28.7 Å². The Labute approximate surface area is 98.2 Å². The average Bonchev–Trinajstić information content (AvgIpc) is 2.71. The van der Waals surface area contributed by atoms with Crippen LogP contribution in [0.25, 0.3) is 10.9 Å². The zero-order valence-corrected chi connectivity index (χ0v) is 9.43. The van der Waals surface area contributed by atoms with Crippen LogP contribution in [0, 0.1) is 0 Å². The number of primary amides is 1. The van der Waals surface area contributed by atoms with Gasteiger partial charge in [0.2, 0.25) is 0 Å². The lowest BCUT2D eigenvalue weighted by Crippen LogP contribution is -2.37. The van der Waals surface area contributed by atoms with Crippen LogP contribution < -0.4 is 5.73 Å². The molecule has 0 aliphatic heterocycles. The molecular formula is C12H13N3O2. The second-order valence-electron chi connectivity index (χ2n) is 3.88. The van der Waals surface area contributed by atoms with Gasteiger partial charge in [-0.2, -0.15) is 0 Å². The maximum absolute atomic E-state index is 11.3. The van der Waals surface area contributed by atoms with Crippen LogP contribution in [0.3, 0.4) is 0 Å². The summed E-state index contributed by atoms with van der Waals surface area (Å²) in [5, 5.41) is 1.04. The molecule has 5 heteroatoms. The lowest BCUT2D eigenvalue weighted by Gasteiger charge is -2.14. The van der Waals surface area contributed by atoms with Gasteiger partial charge in [0.1, 0.15) is 0 Å². The molecule has 0 bridgehead atoms. The van der Waals surface area contributed by atoms with E-state index in [0.29, 0.717) is 6.54 Å². The molecule has 0 saturated carbocycles. The number of fused-ring (bicyclic) bond motifs is 1. The molecule has 0 saturated heterocycles. The number of rotatable bonds is 2. The predicted octanol–water partition coefficient (Wildman–Crippen LogP) is 0.612. The zero-order chi connectivity index (χ0) is 12.4. The van der Waals surface area contributed by atoms with Gasteiger partial charge in [0.15, 0.2) is 0 Å². The highest BCUT2D eigenvalue weighted by Crippen LogP contribution is 2.18. The summed E-state index contributed by atoms with van der Waals surface area (Å²) >= 11 is 0. The lowest BCUT2D eigenvalue weighted by atomic mass is 10.1. The molecule has 1 heterocycles. The molecule has 2 amide bonds. The largest absolute Gasteiger partial charge is 0.361 e. The van der Waals surface area contributed by atoms with E-state index in [1.54, 1.807) is 7.05 Å². The highest BCUT2D eigenvalue weighted by atomic mass is 16.2. The first-order chi connectivity index (χ1) is 8.09. The van der Waals surface area contributed by atoms with Crippen molar-refractivity contribution in [3.63, 3.8) is 0 Å². The zero-order valence-electron chi connectivity index (χ0n) is 9.43. The number of carbonyl (C=O) groups is 2. The molecule has 5 nitrogen and oxygen atoms in total. The van der Waals surface area contributed by atoms with Gasteiger partial charge in [-0.15, -0.1) is 0 Å². The number of hydrogen-bond acceptors (Lipinski definition) is 2. The van der Waals surface area contributed by atoms with Crippen molar-refractivity contribution in [3.8, 4) is 0 Å². The fourth-order valence-corrected chi connectivity index (χ4v) is 1.78. The fourth-order valence-electron chi connectivity index (χ4n) is 1.78. The van der Waals surface area contributed by atoms with E-state index < -0.39 is 11.8 Å². The number of likely N-dealkylation sites (N-methyl/N-ethyl adjacent to an activating group) is 1. The van der Waals surface area contributed by atoms with Crippen molar-refractivity contribution in [3.05, 3.63) is 36.0 Å². The normalized spacial score (nSPS) is 10.4. The Morgan fingerprint density at radius 1 is 1.35 bits per heavy atom. The molecule has 0 aliphatic carbocycles.